The molecule has 0 aliphatic carbocycles. The maximum absolute atomic E-state index is 11.1. The van der Waals surface area contributed by atoms with Crippen molar-refractivity contribution in [2.45, 2.75) is 32.5 Å². The Bertz CT molecular complexity index is 762. The van der Waals surface area contributed by atoms with Crippen molar-refractivity contribution in [3.05, 3.63) is 65.4 Å². The second kappa shape index (κ2) is 13.9. The van der Waals surface area contributed by atoms with Gasteiger partial charge in [0.05, 0.1) is 25.4 Å². The monoisotopic (exact) mass is 642 g/mol. The highest BCUT2D eigenvalue weighted by Gasteiger charge is 2.09. The van der Waals surface area contributed by atoms with Gasteiger partial charge in [0.2, 0.25) is 0 Å². The van der Waals surface area contributed by atoms with Gasteiger partial charge in [-0.05, 0) is 71.6 Å². The minimum absolute atomic E-state index is 0.0772. The van der Waals surface area contributed by atoms with E-state index in [1.54, 1.807) is 18.2 Å². The van der Waals surface area contributed by atoms with Gasteiger partial charge in [-0.3, -0.25) is 0 Å². The van der Waals surface area contributed by atoms with E-state index in [2.05, 4.69) is 75.4 Å². The molecule has 3 rings (SSSR count). The number of methoxy groups -OCH3 is 1. The molecule has 1 N–H and O–H groups in total. The fourth-order valence-electron chi connectivity index (χ4n) is 2.15. The van der Waals surface area contributed by atoms with Crippen molar-refractivity contribution in [2.24, 2.45) is 0 Å². The van der Waals surface area contributed by atoms with Crippen LogP contribution in [0.5, 0.6) is 0 Å². The van der Waals surface area contributed by atoms with Crippen molar-refractivity contribution in [3.63, 3.8) is 0 Å². The average molecular weight is 646 g/mol. The van der Waals surface area contributed by atoms with Gasteiger partial charge in [0, 0.05) is 24.5 Å². The average Bonchev–Trinajstić information content (AvgIpc) is 3.13. The molecule has 0 amide bonds. The highest BCUT2D eigenvalue weighted by atomic mass is 79.9. The van der Waals surface area contributed by atoms with Crippen molar-refractivity contribution >= 4 is 69.7 Å². The standard InChI is InChI=1S/C8H6Br2O2.C7H6Br2O.C5H10O/c1-12-8(11)6-3-2-5(9)4-7(6)10;8-6-2-1-5(4-10)7(9)3-6;1-5-3-2-4-6-5/h2-4H,1H3;1-3,10H,4H2;5H,2-4H2,1H3. The lowest BCUT2D eigenvalue weighted by atomic mass is 10.2. The van der Waals surface area contributed by atoms with Gasteiger partial charge in [-0.2, -0.15) is 0 Å². The largest absolute Gasteiger partial charge is 0.465 e. The number of carbonyl (C=O) groups is 1. The molecular weight excluding hydrogens is 624 g/mol. The van der Waals surface area contributed by atoms with E-state index in [9.17, 15) is 4.79 Å². The Labute approximate surface area is 199 Å². The first-order valence-electron chi connectivity index (χ1n) is 8.48. The van der Waals surface area contributed by atoms with Gasteiger partial charge in [-0.1, -0.05) is 53.9 Å². The van der Waals surface area contributed by atoms with E-state index in [0.717, 1.165) is 30.1 Å². The number of aliphatic hydroxyl groups is 1. The number of halogens is 4. The zero-order valence-electron chi connectivity index (χ0n) is 15.6. The molecule has 0 spiro atoms. The molecule has 0 bridgehead atoms. The summed E-state index contributed by atoms with van der Waals surface area (Å²) in [4.78, 5) is 11.1. The normalized spacial score (nSPS) is 15.0. The Morgan fingerprint density at radius 1 is 1.11 bits per heavy atom. The van der Waals surface area contributed by atoms with Crippen molar-refractivity contribution in [1.29, 1.82) is 0 Å². The summed E-state index contributed by atoms with van der Waals surface area (Å²) < 4.78 is 13.3. The molecule has 1 fully saturated rings. The quantitative estimate of drug-likeness (QED) is 0.362. The Morgan fingerprint density at radius 3 is 2.11 bits per heavy atom. The molecule has 1 unspecified atom stereocenters. The van der Waals surface area contributed by atoms with E-state index in [1.165, 1.54) is 20.0 Å². The van der Waals surface area contributed by atoms with Crippen LogP contribution in [0.15, 0.2) is 54.3 Å². The van der Waals surface area contributed by atoms with Crippen LogP contribution in [-0.2, 0) is 16.1 Å². The van der Waals surface area contributed by atoms with Crippen LogP contribution in [0.2, 0.25) is 0 Å². The third-order valence-corrected chi connectivity index (χ3v) is 6.06. The third kappa shape index (κ3) is 9.50. The van der Waals surface area contributed by atoms with Gasteiger partial charge in [0.1, 0.15) is 0 Å². The number of aliphatic hydroxyl groups excluding tert-OH is 1. The lowest BCUT2D eigenvalue weighted by Crippen LogP contribution is -2.01. The first-order valence-corrected chi connectivity index (χ1v) is 11.7. The molecule has 2 aromatic rings. The SMILES string of the molecule is CC1CCCO1.COC(=O)c1ccc(Br)cc1Br.OCc1ccc(Br)cc1Br. The first kappa shape index (κ1) is 25.8. The number of esters is 1. The van der Waals surface area contributed by atoms with Crippen LogP contribution in [0, 0.1) is 0 Å². The summed E-state index contributed by atoms with van der Waals surface area (Å²) in [6.45, 7) is 3.18. The smallest absolute Gasteiger partial charge is 0.339 e. The zero-order chi connectivity index (χ0) is 21.1. The fraction of sp³-hybridized carbons (Fsp3) is 0.350. The Kier molecular flexibility index (Phi) is 12.8. The van der Waals surface area contributed by atoms with Crippen molar-refractivity contribution < 1.29 is 19.4 Å². The molecule has 4 nitrogen and oxygen atoms in total. The van der Waals surface area contributed by atoms with Crippen LogP contribution in [0.4, 0.5) is 0 Å². The van der Waals surface area contributed by atoms with Crippen molar-refractivity contribution in [2.75, 3.05) is 13.7 Å². The summed E-state index contributed by atoms with van der Waals surface area (Å²) in [5, 5.41) is 8.76. The number of rotatable bonds is 2. The molecule has 8 heteroatoms. The molecule has 1 aliphatic heterocycles. The first-order chi connectivity index (χ1) is 13.3. The highest BCUT2D eigenvalue weighted by molar-refractivity contribution is 9.11. The van der Waals surface area contributed by atoms with Crippen LogP contribution >= 0.6 is 63.7 Å². The molecule has 28 heavy (non-hydrogen) atoms. The minimum Gasteiger partial charge on any atom is -0.465 e. The molecule has 0 aromatic heterocycles. The van der Waals surface area contributed by atoms with Crippen LogP contribution in [-0.4, -0.2) is 30.9 Å². The van der Waals surface area contributed by atoms with E-state index in [4.69, 9.17) is 9.84 Å². The maximum atomic E-state index is 11.1. The Hall–Kier alpha value is -0.250. The summed E-state index contributed by atoms with van der Waals surface area (Å²) in [5.74, 6) is -0.339. The summed E-state index contributed by atoms with van der Waals surface area (Å²) in [6, 6.07) is 11.0. The van der Waals surface area contributed by atoms with Gasteiger partial charge in [0.25, 0.3) is 0 Å². The van der Waals surface area contributed by atoms with Crippen LogP contribution in [0.25, 0.3) is 0 Å². The van der Waals surface area contributed by atoms with Gasteiger partial charge in [0.15, 0.2) is 0 Å². The highest BCUT2D eigenvalue weighted by Crippen LogP contribution is 2.22. The Balaban J connectivity index is 0.000000221. The summed E-state index contributed by atoms with van der Waals surface area (Å²) >= 11 is 13.2. The molecule has 154 valence electrons. The lowest BCUT2D eigenvalue weighted by molar-refractivity contribution is 0.0599. The predicted octanol–water partition coefficient (Wildman–Crippen LogP) is 6.89. The van der Waals surface area contributed by atoms with E-state index in [0.29, 0.717) is 11.7 Å². The number of ether oxygens (including phenoxy) is 2. The molecular formula is C20H22Br4O4. The van der Waals surface area contributed by atoms with Crippen molar-refractivity contribution in [1.82, 2.24) is 0 Å². The van der Waals surface area contributed by atoms with E-state index < -0.39 is 0 Å². The van der Waals surface area contributed by atoms with Gasteiger partial charge in [-0.15, -0.1) is 0 Å². The lowest BCUT2D eigenvalue weighted by Gasteiger charge is -2.01. The van der Waals surface area contributed by atoms with Crippen molar-refractivity contribution in [3.8, 4) is 0 Å². The summed E-state index contributed by atoms with van der Waals surface area (Å²) in [5.41, 5.74) is 1.43. The molecule has 2 aromatic carbocycles. The summed E-state index contributed by atoms with van der Waals surface area (Å²) in [6.07, 6.45) is 3.08. The topological polar surface area (TPSA) is 55.8 Å². The molecule has 1 aliphatic rings. The Morgan fingerprint density at radius 2 is 1.71 bits per heavy atom. The van der Waals surface area contributed by atoms with E-state index in [1.807, 2.05) is 18.2 Å². The molecule has 0 saturated carbocycles. The van der Waals surface area contributed by atoms with E-state index in [-0.39, 0.29) is 12.6 Å². The summed E-state index contributed by atoms with van der Waals surface area (Å²) in [7, 11) is 1.36. The zero-order valence-corrected chi connectivity index (χ0v) is 21.9. The molecule has 0 radical (unpaired) electrons. The van der Waals surface area contributed by atoms with Gasteiger partial charge >= 0.3 is 5.97 Å². The maximum Gasteiger partial charge on any atom is 0.339 e. The van der Waals surface area contributed by atoms with Crippen LogP contribution in [0.3, 0.4) is 0 Å². The minimum atomic E-state index is -0.339. The van der Waals surface area contributed by atoms with Crippen LogP contribution < -0.4 is 0 Å². The molecule has 1 saturated heterocycles. The predicted molar refractivity (Wildman–Crippen MR) is 126 cm³/mol. The molecule has 1 heterocycles. The number of hydrogen-bond acceptors (Lipinski definition) is 4. The van der Waals surface area contributed by atoms with E-state index >= 15 is 0 Å². The third-order valence-electron chi connectivity index (χ3n) is 3.68. The van der Waals surface area contributed by atoms with Gasteiger partial charge in [-0.25, -0.2) is 4.79 Å². The van der Waals surface area contributed by atoms with Crippen LogP contribution in [0.1, 0.15) is 35.7 Å². The number of hydrogen-bond donors (Lipinski definition) is 1. The second-order valence-corrected chi connectivity index (χ2v) is 9.37. The number of carbonyl (C=O) groups excluding carboxylic acids is 1. The van der Waals surface area contributed by atoms with Gasteiger partial charge < -0.3 is 14.6 Å². The number of benzene rings is 2. The second-order valence-electron chi connectivity index (χ2n) is 5.83. The molecule has 1 atom stereocenters. The fourth-order valence-corrected chi connectivity index (χ4v) is 4.53.